The van der Waals surface area contributed by atoms with Crippen LogP contribution in [0.3, 0.4) is 0 Å². The topological polar surface area (TPSA) is 68.8 Å². The first-order chi connectivity index (χ1) is 14.0. The third-order valence-electron chi connectivity index (χ3n) is 5.04. The number of nitrogens with zero attached hydrogens (tertiary/aromatic N) is 2. The van der Waals surface area contributed by atoms with Gasteiger partial charge in [0, 0.05) is 37.9 Å². The Morgan fingerprint density at radius 2 is 1.90 bits per heavy atom. The molecule has 6 nitrogen and oxygen atoms in total. The fourth-order valence-electron chi connectivity index (χ4n) is 3.53. The number of likely N-dealkylation sites (tertiary alicyclic amines) is 1. The summed E-state index contributed by atoms with van der Waals surface area (Å²) in [6.07, 6.45) is 1.01. The van der Waals surface area contributed by atoms with E-state index >= 15 is 0 Å². The van der Waals surface area contributed by atoms with Gasteiger partial charge in [0.15, 0.2) is 5.96 Å². The van der Waals surface area contributed by atoms with Gasteiger partial charge in [-0.1, -0.05) is 30.3 Å². The first-order valence-electron chi connectivity index (χ1n) is 9.84. The molecule has 1 fully saturated rings. The zero-order valence-electron chi connectivity index (χ0n) is 16.9. The van der Waals surface area contributed by atoms with E-state index in [0.29, 0.717) is 17.7 Å². The molecule has 3 N–H and O–H groups in total. The molecule has 0 spiro atoms. The lowest BCUT2D eigenvalue weighted by Crippen LogP contribution is -2.46. The molecule has 154 valence electrons. The van der Waals surface area contributed by atoms with Crippen LogP contribution in [0.25, 0.3) is 0 Å². The molecule has 29 heavy (non-hydrogen) atoms. The van der Waals surface area contributed by atoms with Gasteiger partial charge < -0.3 is 16.0 Å². The van der Waals surface area contributed by atoms with Crippen molar-refractivity contribution >= 4 is 17.6 Å². The minimum Gasteiger partial charge on any atom is -0.352 e. The Balaban J connectivity index is 1.45. The number of hydrogen-bond acceptors (Lipinski definition) is 3. The molecule has 1 aliphatic rings. The number of benzene rings is 2. The standard InChI is InChI=1S/C22H28FN5O/c1-16-12-20(15-28(16)14-17-6-4-3-5-7-17)27-22(24-2)25-13-21(29)26-19-10-8-18(23)9-11-19/h3-11,16,20H,12-15H2,1-2H3,(H,26,29)(H2,24,25,27). The van der Waals surface area contributed by atoms with Gasteiger partial charge in [-0.3, -0.25) is 14.7 Å². The lowest BCUT2D eigenvalue weighted by molar-refractivity contribution is -0.115. The lowest BCUT2D eigenvalue weighted by Gasteiger charge is -2.21. The summed E-state index contributed by atoms with van der Waals surface area (Å²) in [5.41, 5.74) is 1.86. The molecule has 2 aromatic carbocycles. The fourth-order valence-corrected chi connectivity index (χ4v) is 3.53. The average molecular weight is 397 g/mol. The predicted molar refractivity (Wildman–Crippen MR) is 114 cm³/mol. The number of rotatable bonds is 6. The zero-order chi connectivity index (χ0) is 20.6. The monoisotopic (exact) mass is 397 g/mol. The smallest absolute Gasteiger partial charge is 0.243 e. The van der Waals surface area contributed by atoms with E-state index in [4.69, 9.17) is 0 Å². The molecule has 0 aromatic heterocycles. The van der Waals surface area contributed by atoms with Crippen LogP contribution in [0.1, 0.15) is 18.9 Å². The predicted octanol–water partition coefficient (Wildman–Crippen LogP) is 2.59. The molecule has 2 aromatic rings. The minimum absolute atomic E-state index is 0.0764. The van der Waals surface area contributed by atoms with Gasteiger partial charge in [0.1, 0.15) is 5.82 Å². The summed E-state index contributed by atoms with van der Waals surface area (Å²) >= 11 is 0. The molecule has 0 radical (unpaired) electrons. The van der Waals surface area contributed by atoms with E-state index in [1.54, 1.807) is 7.05 Å². The van der Waals surface area contributed by atoms with Crippen molar-refractivity contribution in [3.8, 4) is 0 Å². The van der Waals surface area contributed by atoms with Crippen LogP contribution in [-0.4, -0.2) is 49.0 Å². The number of guanidine groups is 1. The molecule has 2 unspecified atom stereocenters. The number of nitrogens with one attached hydrogen (secondary N) is 3. The maximum absolute atomic E-state index is 12.9. The van der Waals surface area contributed by atoms with Crippen LogP contribution < -0.4 is 16.0 Å². The molecule has 1 amide bonds. The second kappa shape index (κ2) is 10.0. The third kappa shape index (κ3) is 6.29. The van der Waals surface area contributed by atoms with E-state index in [-0.39, 0.29) is 24.3 Å². The Hall–Kier alpha value is -2.93. The molecule has 2 atom stereocenters. The Bertz CT molecular complexity index is 825. The summed E-state index contributed by atoms with van der Waals surface area (Å²) in [6.45, 7) is 4.15. The zero-order valence-corrected chi connectivity index (χ0v) is 16.9. The number of halogens is 1. The Kier molecular flexibility index (Phi) is 7.19. The van der Waals surface area contributed by atoms with Crippen LogP contribution in [0.4, 0.5) is 10.1 Å². The maximum atomic E-state index is 12.9. The van der Waals surface area contributed by atoms with Gasteiger partial charge in [-0.05, 0) is 43.2 Å². The number of aliphatic imine (C=N–C) groups is 1. The van der Waals surface area contributed by atoms with Gasteiger partial charge in [0.05, 0.1) is 6.54 Å². The van der Waals surface area contributed by atoms with Crippen molar-refractivity contribution in [1.29, 1.82) is 0 Å². The highest BCUT2D eigenvalue weighted by molar-refractivity contribution is 5.95. The van der Waals surface area contributed by atoms with Gasteiger partial charge in [-0.2, -0.15) is 0 Å². The number of hydrogen-bond donors (Lipinski definition) is 3. The van der Waals surface area contributed by atoms with Crippen LogP contribution in [0.5, 0.6) is 0 Å². The number of carbonyl (C=O) groups excluding carboxylic acids is 1. The van der Waals surface area contributed by atoms with Crippen LogP contribution in [0.15, 0.2) is 59.6 Å². The third-order valence-corrected chi connectivity index (χ3v) is 5.04. The first-order valence-corrected chi connectivity index (χ1v) is 9.84. The van der Waals surface area contributed by atoms with Crippen molar-refractivity contribution < 1.29 is 9.18 Å². The van der Waals surface area contributed by atoms with Gasteiger partial charge in [-0.25, -0.2) is 4.39 Å². The maximum Gasteiger partial charge on any atom is 0.243 e. The van der Waals surface area contributed by atoms with E-state index in [1.165, 1.54) is 29.8 Å². The van der Waals surface area contributed by atoms with Crippen molar-refractivity contribution in [1.82, 2.24) is 15.5 Å². The van der Waals surface area contributed by atoms with Gasteiger partial charge in [0.2, 0.25) is 5.91 Å². The number of amides is 1. The van der Waals surface area contributed by atoms with Gasteiger partial charge in [-0.15, -0.1) is 0 Å². The highest BCUT2D eigenvalue weighted by Gasteiger charge is 2.29. The molecule has 0 aliphatic carbocycles. The van der Waals surface area contributed by atoms with Crippen LogP contribution in [-0.2, 0) is 11.3 Å². The average Bonchev–Trinajstić information content (AvgIpc) is 3.06. The molecular formula is C22H28FN5O. The normalized spacial score (nSPS) is 19.8. The van der Waals surface area contributed by atoms with E-state index in [1.807, 2.05) is 6.07 Å². The summed E-state index contributed by atoms with van der Waals surface area (Å²) in [4.78, 5) is 18.8. The summed E-state index contributed by atoms with van der Waals surface area (Å²) < 4.78 is 12.9. The molecule has 0 bridgehead atoms. The molecule has 7 heteroatoms. The second-order valence-electron chi connectivity index (χ2n) is 7.32. The van der Waals surface area contributed by atoms with Crippen LogP contribution in [0.2, 0.25) is 0 Å². The van der Waals surface area contributed by atoms with E-state index in [9.17, 15) is 9.18 Å². The quantitative estimate of drug-likeness (QED) is 0.518. The van der Waals surface area contributed by atoms with E-state index < -0.39 is 0 Å². The second-order valence-corrected chi connectivity index (χ2v) is 7.32. The fraction of sp³-hybridized carbons (Fsp3) is 0.364. The SMILES string of the molecule is CN=C(NCC(=O)Nc1ccc(F)cc1)NC1CC(C)N(Cc2ccccc2)C1. The molecular weight excluding hydrogens is 369 g/mol. The van der Waals surface area contributed by atoms with Crippen molar-refractivity contribution in [3.05, 3.63) is 66.0 Å². The highest BCUT2D eigenvalue weighted by atomic mass is 19.1. The molecule has 0 saturated carbocycles. The Morgan fingerprint density at radius 1 is 1.17 bits per heavy atom. The number of carbonyl (C=O) groups is 1. The van der Waals surface area contributed by atoms with Crippen molar-refractivity contribution in [2.24, 2.45) is 4.99 Å². The molecule has 1 heterocycles. The van der Waals surface area contributed by atoms with Gasteiger partial charge >= 0.3 is 0 Å². The Morgan fingerprint density at radius 3 is 2.59 bits per heavy atom. The van der Waals surface area contributed by atoms with Crippen molar-refractivity contribution in [3.63, 3.8) is 0 Å². The van der Waals surface area contributed by atoms with Crippen molar-refractivity contribution in [2.75, 3.05) is 25.5 Å². The van der Waals surface area contributed by atoms with Crippen molar-refractivity contribution in [2.45, 2.75) is 32.0 Å². The van der Waals surface area contributed by atoms with Gasteiger partial charge in [0.25, 0.3) is 0 Å². The summed E-state index contributed by atoms with van der Waals surface area (Å²) in [6, 6.07) is 16.9. The molecule has 3 rings (SSSR count). The number of anilines is 1. The highest BCUT2D eigenvalue weighted by Crippen LogP contribution is 2.20. The van der Waals surface area contributed by atoms with Crippen LogP contribution >= 0.6 is 0 Å². The minimum atomic E-state index is -0.335. The molecule has 1 aliphatic heterocycles. The summed E-state index contributed by atoms with van der Waals surface area (Å²) in [7, 11) is 1.69. The Labute approximate surface area is 171 Å². The summed E-state index contributed by atoms with van der Waals surface area (Å²) in [5.74, 6) is 0.0425. The van der Waals surface area contributed by atoms with E-state index in [0.717, 1.165) is 19.5 Å². The first kappa shape index (κ1) is 20.8. The van der Waals surface area contributed by atoms with Crippen LogP contribution in [0, 0.1) is 5.82 Å². The van der Waals surface area contributed by atoms with E-state index in [2.05, 4.69) is 57.0 Å². The lowest BCUT2D eigenvalue weighted by atomic mass is 10.2. The largest absolute Gasteiger partial charge is 0.352 e. The molecule has 1 saturated heterocycles. The summed E-state index contributed by atoms with van der Waals surface area (Å²) in [5, 5.41) is 9.17.